The van der Waals surface area contributed by atoms with Crippen LogP contribution in [-0.2, 0) is 23.4 Å². The van der Waals surface area contributed by atoms with E-state index in [2.05, 4.69) is 36.0 Å². The zero-order valence-corrected chi connectivity index (χ0v) is 31.5. The highest BCUT2D eigenvalue weighted by Crippen LogP contribution is 2.49. The zero-order valence-electron chi connectivity index (χ0n) is 29.0. The van der Waals surface area contributed by atoms with Crippen LogP contribution in [0.3, 0.4) is 0 Å². The Kier molecular flexibility index (Phi) is 10.9. The first-order chi connectivity index (χ1) is 24.7. The van der Waals surface area contributed by atoms with E-state index in [0.29, 0.717) is 5.39 Å². The Bertz CT molecular complexity index is 2130. The van der Waals surface area contributed by atoms with Crippen LogP contribution in [0, 0.1) is 5.92 Å². The summed E-state index contributed by atoms with van der Waals surface area (Å²) in [6.45, 7) is 6.09. The number of aliphatic hydroxyl groups excluding tert-OH is 1. The molecule has 3 aromatic carbocycles. The number of aromatic nitrogens is 4. The van der Waals surface area contributed by atoms with E-state index in [4.69, 9.17) is 29.0 Å². The van der Waals surface area contributed by atoms with E-state index in [1.165, 1.54) is 24.9 Å². The number of halogens is 1. The summed E-state index contributed by atoms with van der Waals surface area (Å²) in [6, 6.07) is 18.8. The third kappa shape index (κ3) is 7.51. The molecule has 0 aliphatic carbocycles. The monoisotopic (exact) mass is 798 g/mol. The van der Waals surface area contributed by atoms with Gasteiger partial charge < -0.3 is 34.7 Å². The van der Waals surface area contributed by atoms with Crippen LogP contribution >= 0.6 is 23.7 Å². The second-order valence-electron chi connectivity index (χ2n) is 12.9. The number of fused-ring (bicyclic) bond motifs is 2. The lowest BCUT2D eigenvalue weighted by Gasteiger charge is -2.29. The van der Waals surface area contributed by atoms with Crippen molar-refractivity contribution >= 4 is 57.5 Å². The van der Waals surface area contributed by atoms with Crippen molar-refractivity contribution in [2.24, 2.45) is 5.92 Å². The molecule has 5 N–H and O–H groups in total. The number of nitrogens with one attached hydrogen (secondary N) is 1. The Balaban J connectivity index is 1.29. The number of imidazole rings is 1. The van der Waals surface area contributed by atoms with Crippen LogP contribution in [0.1, 0.15) is 45.6 Å². The molecule has 1 saturated heterocycles. The van der Waals surface area contributed by atoms with Crippen molar-refractivity contribution in [3.8, 4) is 11.6 Å². The summed E-state index contributed by atoms with van der Waals surface area (Å²) in [7, 11) is -3.10. The third-order valence-electron chi connectivity index (χ3n) is 8.84. The summed E-state index contributed by atoms with van der Waals surface area (Å²) in [5, 5.41) is 27.1. The van der Waals surface area contributed by atoms with Crippen LogP contribution in [0.25, 0.3) is 21.9 Å². The Morgan fingerprint density at radius 2 is 1.83 bits per heavy atom. The maximum absolute atomic E-state index is 14.8. The van der Waals surface area contributed by atoms with Gasteiger partial charge in [-0.1, -0.05) is 84.4 Å². The molecule has 3 heterocycles. The van der Waals surface area contributed by atoms with E-state index >= 15 is 0 Å². The Labute approximate surface area is 308 Å². The van der Waals surface area contributed by atoms with Gasteiger partial charge >= 0.3 is 13.7 Å². The summed E-state index contributed by atoms with van der Waals surface area (Å²) in [5.41, 5.74) is 5.15. The molecule has 6 rings (SSSR count). The fourth-order valence-electron chi connectivity index (χ4n) is 6.02. The number of benzene rings is 3. The van der Waals surface area contributed by atoms with Gasteiger partial charge in [-0.05, 0) is 37.3 Å². The van der Waals surface area contributed by atoms with E-state index in [0.717, 1.165) is 15.4 Å². The van der Waals surface area contributed by atoms with Gasteiger partial charge in [0.15, 0.2) is 17.4 Å². The molecule has 0 saturated carbocycles. The fraction of sp³-hybridized carbons (Fsp3) is 0.371. The van der Waals surface area contributed by atoms with Crippen LogP contribution in [0.4, 0.5) is 5.95 Å². The number of methoxy groups -OCH3 is 1. The molecule has 5 aromatic rings. The molecule has 0 amide bonds. The molecule has 1 fully saturated rings. The highest BCUT2D eigenvalue weighted by Gasteiger charge is 2.54. The zero-order chi connectivity index (χ0) is 37.4. The summed E-state index contributed by atoms with van der Waals surface area (Å²) in [5.74, 6) is -0.897. The number of esters is 1. The third-order valence-corrected chi connectivity index (χ3v) is 11.1. The van der Waals surface area contributed by atoms with Crippen molar-refractivity contribution in [1.82, 2.24) is 24.6 Å². The molecular formula is C35H40BrN6O9P. The first-order valence-corrected chi connectivity index (χ1v) is 18.8. The number of aliphatic hydroxyl groups is 2. The molecule has 1 aliphatic rings. The van der Waals surface area contributed by atoms with Gasteiger partial charge in [0.25, 0.3) is 0 Å². The summed E-state index contributed by atoms with van der Waals surface area (Å²) in [6.07, 6.45) is -3.35. The number of nitrogen functional groups attached to an aromatic ring is 1. The van der Waals surface area contributed by atoms with E-state index < -0.39 is 62.4 Å². The lowest BCUT2D eigenvalue weighted by Crippen LogP contribution is -2.45. The van der Waals surface area contributed by atoms with Crippen LogP contribution in [0.2, 0.25) is 0 Å². The Morgan fingerprint density at radius 3 is 2.56 bits per heavy atom. The first kappa shape index (κ1) is 37.6. The minimum Gasteiger partial charge on any atom is -0.479 e. The Hall–Kier alpha value is -4.15. The van der Waals surface area contributed by atoms with Crippen molar-refractivity contribution in [2.45, 2.75) is 63.9 Å². The average Bonchev–Trinajstić information content (AvgIpc) is 3.62. The number of rotatable bonds is 13. The molecular weight excluding hydrogens is 759 g/mol. The number of carbonyl (C=O) groups is 1. The van der Waals surface area contributed by atoms with Crippen molar-refractivity contribution in [2.75, 3.05) is 19.5 Å². The lowest BCUT2D eigenvalue weighted by atomic mass is 9.96. The fourth-order valence-corrected chi connectivity index (χ4v) is 8.32. The van der Waals surface area contributed by atoms with Crippen LogP contribution in [-0.4, -0.2) is 73.3 Å². The number of carbonyl (C=O) groups excluding carboxylic acids is 1. The quantitative estimate of drug-likeness (QED) is 0.0863. The highest BCUT2D eigenvalue weighted by molar-refractivity contribution is 9.10. The topological polar surface area (TPSA) is 202 Å². The molecule has 52 heavy (non-hydrogen) atoms. The minimum absolute atomic E-state index is 0.106. The van der Waals surface area contributed by atoms with E-state index in [9.17, 15) is 19.6 Å². The van der Waals surface area contributed by atoms with Crippen LogP contribution < -0.4 is 20.1 Å². The maximum atomic E-state index is 14.8. The average molecular weight is 800 g/mol. The van der Waals surface area contributed by atoms with Gasteiger partial charge in [-0.2, -0.15) is 15.1 Å². The number of nitrogens with two attached hydrogens (primary N) is 1. The normalized spacial score (nSPS) is 22.7. The molecule has 2 unspecified atom stereocenters. The first-order valence-electron chi connectivity index (χ1n) is 16.5. The summed E-state index contributed by atoms with van der Waals surface area (Å²) in [4.78, 5) is 26.3. The van der Waals surface area contributed by atoms with Crippen molar-refractivity contribution < 1.29 is 42.8 Å². The van der Waals surface area contributed by atoms with Crippen molar-refractivity contribution in [3.63, 3.8) is 0 Å². The van der Waals surface area contributed by atoms with Crippen molar-refractivity contribution in [3.05, 3.63) is 83.1 Å². The summed E-state index contributed by atoms with van der Waals surface area (Å²) >= 11 is 3.50. The second kappa shape index (κ2) is 15.1. The standard InChI is InChI=1S/C35H40BrN6O9P/c1-19(2)27(32(44)49-20(3)22-13-8-9-15-24(22)36)41-52(46,51-25-16-10-12-21-11-6-7-14-23(21)25)48-17-26-29(43)35(4,45)33(50-26)42-18-38-28-30(42)39-34(37)40-31(28)47-5/h6-16,18-20,26-27,29,33,43,45H,17H2,1-5H3,(H,41,46)(H2,37,39,40)/t20?,26-,27+,29-,33+,35-,52?/m1/s1. The second-order valence-corrected chi connectivity index (χ2v) is 15.5. The summed E-state index contributed by atoms with van der Waals surface area (Å²) < 4.78 is 46.4. The number of nitrogens with zero attached hydrogens (tertiary/aromatic N) is 4. The molecule has 0 bridgehead atoms. The van der Waals surface area contributed by atoms with Gasteiger partial charge in [-0.25, -0.2) is 9.55 Å². The number of hydrogen-bond acceptors (Lipinski definition) is 13. The van der Waals surface area contributed by atoms with Gasteiger partial charge in [0.2, 0.25) is 11.8 Å². The maximum Gasteiger partial charge on any atom is 0.459 e. The molecule has 0 radical (unpaired) electrons. The molecule has 15 nitrogen and oxygen atoms in total. The molecule has 1 aliphatic heterocycles. The largest absolute Gasteiger partial charge is 0.479 e. The lowest BCUT2D eigenvalue weighted by molar-refractivity contribution is -0.152. The van der Waals surface area contributed by atoms with Crippen LogP contribution in [0.15, 0.2) is 77.5 Å². The van der Waals surface area contributed by atoms with E-state index in [1.54, 1.807) is 39.0 Å². The van der Waals surface area contributed by atoms with Crippen LogP contribution in [0.5, 0.6) is 11.6 Å². The Morgan fingerprint density at radius 1 is 1.12 bits per heavy atom. The molecule has 0 spiro atoms. The molecule has 276 valence electrons. The number of hydrogen-bond donors (Lipinski definition) is 4. The van der Waals surface area contributed by atoms with Gasteiger partial charge in [-0.15, -0.1) is 0 Å². The predicted octanol–water partition coefficient (Wildman–Crippen LogP) is 5.46. The van der Waals surface area contributed by atoms with Gasteiger partial charge in [0.05, 0.1) is 20.0 Å². The molecule has 17 heteroatoms. The van der Waals surface area contributed by atoms with Crippen molar-refractivity contribution in [1.29, 1.82) is 0 Å². The SMILES string of the molecule is COc1nc(N)nc2c1ncn2[C@H]1O[C@H](COP(=O)(N[C@H](C(=O)OC(C)c2ccccc2Br)C(C)C)Oc2cccc3ccccc23)[C@@H](O)[C@@]1(C)O. The van der Waals surface area contributed by atoms with E-state index in [-0.39, 0.29) is 28.7 Å². The number of ether oxygens (including phenoxy) is 3. The van der Waals surface area contributed by atoms with E-state index in [1.807, 2.05) is 48.5 Å². The predicted molar refractivity (Wildman–Crippen MR) is 195 cm³/mol. The number of anilines is 1. The van der Waals surface area contributed by atoms with Gasteiger partial charge in [0, 0.05) is 15.4 Å². The smallest absolute Gasteiger partial charge is 0.459 e. The molecule has 7 atom stereocenters. The molecule has 2 aromatic heterocycles. The highest BCUT2D eigenvalue weighted by atomic mass is 79.9. The van der Waals surface area contributed by atoms with Gasteiger partial charge in [0.1, 0.15) is 35.7 Å². The minimum atomic E-state index is -4.50. The van der Waals surface area contributed by atoms with Gasteiger partial charge in [-0.3, -0.25) is 13.9 Å².